The zero-order valence-corrected chi connectivity index (χ0v) is 27.9. The van der Waals surface area contributed by atoms with Crippen LogP contribution in [0.3, 0.4) is 0 Å². The van der Waals surface area contributed by atoms with Crippen LogP contribution in [0.4, 0.5) is 19.4 Å². The van der Waals surface area contributed by atoms with Gasteiger partial charge in [0.1, 0.15) is 23.2 Å². The van der Waals surface area contributed by atoms with E-state index in [0.29, 0.717) is 42.8 Å². The van der Waals surface area contributed by atoms with Crippen LogP contribution in [0.25, 0.3) is 10.9 Å². The number of benzene rings is 1. The van der Waals surface area contributed by atoms with Gasteiger partial charge >= 0.3 is 12.1 Å². The number of anilines is 1. The number of hydrogen-bond acceptors (Lipinski definition) is 9. The number of fused-ring (bicyclic) bond motifs is 1. The van der Waals surface area contributed by atoms with Crippen LogP contribution in [0.1, 0.15) is 86.6 Å². The number of likely N-dealkylation sites (tertiary alicyclic amines) is 1. The number of esters is 1. The van der Waals surface area contributed by atoms with Gasteiger partial charge in [-0.3, -0.25) is 14.3 Å². The minimum Gasteiger partial charge on any atom is -0.496 e. The molecule has 1 aliphatic carbocycles. The summed E-state index contributed by atoms with van der Waals surface area (Å²) in [5.41, 5.74) is 7.25. The molecular formula is C34H43F2N5O6. The highest BCUT2D eigenvalue weighted by Gasteiger charge is 2.58. The number of nitrogens with one attached hydrogen (secondary N) is 1. The summed E-state index contributed by atoms with van der Waals surface area (Å²) >= 11 is 0. The van der Waals surface area contributed by atoms with E-state index in [0.717, 1.165) is 16.5 Å². The van der Waals surface area contributed by atoms with Crippen LogP contribution in [0, 0.1) is 12.3 Å². The van der Waals surface area contributed by atoms with Crippen molar-refractivity contribution in [1.82, 2.24) is 14.5 Å². The van der Waals surface area contributed by atoms with Gasteiger partial charge in [0, 0.05) is 48.1 Å². The SMILES string of the molecule is COC(=O)c1ccc(C2CC3(CCN2Cc2c(OC)cc(C)c4c2ccn4C(=O)OC(C)(C)C)CC(F)(F)C3)c(NC(C)C(N)=O)n1. The molecule has 1 saturated carbocycles. The van der Waals surface area contributed by atoms with Crippen LogP contribution in [0.2, 0.25) is 0 Å². The maximum atomic E-state index is 14.3. The number of ether oxygens (including phenoxy) is 3. The van der Waals surface area contributed by atoms with Gasteiger partial charge in [-0.2, -0.15) is 0 Å². The first-order valence-corrected chi connectivity index (χ1v) is 15.6. The standard InChI is InChI=1S/C34H43F2N5O6/c1-19-14-26(45-6)23(21-10-12-41(27(19)21)31(44)47-32(3,4)5)16-40-13-11-33(17-34(35,36)18-33)15-25(40)22-8-9-24(30(43)46-7)39-29(22)38-20(2)28(37)42/h8-10,12,14,20,25H,11,13,15-18H2,1-7H3,(H2,37,42)(H,38,39). The fraction of sp³-hybridized carbons (Fsp3) is 0.529. The molecule has 11 nitrogen and oxygen atoms in total. The van der Waals surface area contributed by atoms with Gasteiger partial charge in [0.2, 0.25) is 11.8 Å². The maximum Gasteiger partial charge on any atom is 0.419 e. The molecule has 3 aromatic rings. The van der Waals surface area contributed by atoms with Gasteiger partial charge in [-0.1, -0.05) is 6.07 Å². The van der Waals surface area contributed by atoms with Crippen LogP contribution in [-0.2, 0) is 20.8 Å². The molecule has 3 heterocycles. The van der Waals surface area contributed by atoms with Crippen molar-refractivity contribution < 1.29 is 37.4 Å². The third-order valence-electron chi connectivity index (χ3n) is 9.13. The lowest BCUT2D eigenvalue weighted by Gasteiger charge is -2.55. The Morgan fingerprint density at radius 1 is 1.17 bits per heavy atom. The van der Waals surface area contributed by atoms with Crippen molar-refractivity contribution in [3.8, 4) is 5.75 Å². The van der Waals surface area contributed by atoms with Gasteiger partial charge in [-0.05, 0) is 83.2 Å². The molecule has 1 aliphatic heterocycles. The van der Waals surface area contributed by atoms with Crippen molar-refractivity contribution >= 4 is 34.7 Å². The van der Waals surface area contributed by atoms with E-state index in [2.05, 4.69) is 15.2 Å². The Morgan fingerprint density at radius 2 is 1.87 bits per heavy atom. The van der Waals surface area contributed by atoms with Crippen LogP contribution in [0.15, 0.2) is 30.5 Å². The topological polar surface area (TPSA) is 138 Å². The number of carbonyl (C=O) groups is 3. The summed E-state index contributed by atoms with van der Waals surface area (Å²) in [6.07, 6.45) is 1.70. The van der Waals surface area contributed by atoms with Gasteiger partial charge < -0.3 is 25.3 Å². The number of halogens is 2. The summed E-state index contributed by atoms with van der Waals surface area (Å²) in [6, 6.07) is 5.71. The smallest absolute Gasteiger partial charge is 0.419 e. The van der Waals surface area contributed by atoms with E-state index in [9.17, 15) is 23.2 Å². The third kappa shape index (κ3) is 6.90. The molecule has 0 bridgehead atoms. The number of pyridine rings is 1. The van der Waals surface area contributed by atoms with Crippen molar-refractivity contribution in [3.63, 3.8) is 0 Å². The number of amides is 1. The molecule has 1 spiro atoms. The van der Waals surface area contributed by atoms with Gasteiger partial charge in [0.15, 0.2) is 5.69 Å². The number of carbonyl (C=O) groups excluding carboxylic acids is 3. The van der Waals surface area contributed by atoms with Crippen molar-refractivity contribution in [1.29, 1.82) is 0 Å². The highest BCUT2D eigenvalue weighted by molar-refractivity contribution is 5.95. The quantitative estimate of drug-likeness (QED) is 0.282. The van der Waals surface area contributed by atoms with Crippen molar-refractivity contribution in [3.05, 3.63) is 52.8 Å². The van der Waals surface area contributed by atoms with E-state index in [4.69, 9.17) is 19.9 Å². The average molecular weight is 656 g/mol. The number of piperidine rings is 1. The molecular weight excluding hydrogens is 612 g/mol. The number of rotatable bonds is 8. The Bertz CT molecular complexity index is 1710. The molecule has 0 radical (unpaired) electrons. The molecule has 3 N–H and O–H groups in total. The predicted octanol–water partition coefficient (Wildman–Crippen LogP) is 5.96. The minimum atomic E-state index is -2.72. The van der Waals surface area contributed by atoms with Gasteiger partial charge in [-0.15, -0.1) is 0 Å². The van der Waals surface area contributed by atoms with Gasteiger partial charge in [-0.25, -0.2) is 23.4 Å². The first kappa shape index (κ1) is 34.1. The maximum absolute atomic E-state index is 14.3. The second kappa shape index (κ2) is 12.4. The molecule has 2 aliphatic rings. The summed E-state index contributed by atoms with van der Waals surface area (Å²) in [5.74, 6) is -3.15. The number of nitrogens with zero attached hydrogens (tertiary/aromatic N) is 3. The number of aryl methyl sites for hydroxylation is 1. The lowest BCUT2D eigenvalue weighted by atomic mass is 9.59. The zero-order chi connectivity index (χ0) is 34.5. The number of primary amides is 1. The zero-order valence-electron chi connectivity index (χ0n) is 27.9. The summed E-state index contributed by atoms with van der Waals surface area (Å²) in [7, 11) is 2.82. The van der Waals surface area contributed by atoms with Gasteiger partial charge in [0.05, 0.1) is 19.7 Å². The minimum absolute atomic E-state index is 0.0214. The van der Waals surface area contributed by atoms with E-state index < -0.39 is 47.0 Å². The largest absolute Gasteiger partial charge is 0.496 e. The van der Waals surface area contributed by atoms with Gasteiger partial charge in [0.25, 0.3) is 0 Å². The Morgan fingerprint density at radius 3 is 2.47 bits per heavy atom. The van der Waals surface area contributed by atoms with E-state index in [-0.39, 0.29) is 24.4 Å². The van der Waals surface area contributed by atoms with E-state index in [1.165, 1.54) is 17.7 Å². The van der Waals surface area contributed by atoms with Crippen molar-refractivity contribution in [2.45, 2.75) is 90.5 Å². The highest BCUT2D eigenvalue weighted by atomic mass is 19.3. The number of aromatic nitrogens is 2. The van der Waals surface area contributed by atoms with E-state index in [1.807, 2.05) is 19.1 Å². The molecule has 1 saturated heterocycles. The Balaban J connectivity index is 1.60. The molecule has 1 aromatic carbocycles. The second-order valence-electron chi connectivity index (χ2n) is 13.8. The number of nitrogens with two attached hydrogens (primary N) is 1. The fourth-order valence-corrected chi connectivity index (χ4v) is 6.96. The van der Waals surface area contributed by atoms with Crippen molar-refractivity contribution in [2.75, 3.05) is 26.1 Å². The molecule has 2 fully saturated rings. The molecule has 2 aromatic heterocycles. The molecule has 2 unspecified atom stereocenters. The average Bonchev–Trinajstić information content (AvgIpc) is 3.43. The predicted molar refractivity (Wildman–Crippen MR) is 172 cm³/mol. The van der Waals surface area contributed by atoms with E-state index in [1.54, 1.807) is 47.1 Å². The first-order valence-electron chi connectivity index (χ1n) is 15.6. The van der Waals surface area contributed by atoms with E-state index >= 15 is 0 Å². The fourth-order valence-electron chi connectivity index (χ4n) is 6.96. The third-order valence-corrected chi connectivity index (χ3v) is 9.13. The number of hydrogen-bond donors (Lipinski definition) is 2. The number of methoxy groups -OCH3 is 2. The van der Waals surface area contributed by atoms with Crippen LogP contribution in [0.5, 0.6) is 5.75 Å². The molecule has 5 rings (SSSR count). The number of alkyl halides is 2. The molecule has 254 valence electrons. The lowest BCUT2D eigenvalue weighted by Crippen LogP contribution is -2.53. The summed E-state index contributed by atoms with van der Waals surface area (Å²) in [4.78, 5) is 44.3. The van der Waals surface area contributed by atoms with Crippen LogP contribution < -0.4 is 15.8 Å². The summed E-state index contributed by atoms with van der Waals surface area (Å²) in [6.45, 7) is 9.71. The second-order valence-corrected chi connectivity index (χ2v) is 13.8. The summed E-state index contributed by atoms with van der Waals surface area (Å²) < 4.78 is 46.6. The lowest BCUT2D eigenvalue weighted by molar-refractivity contribution is -0.186. The van der Waals surface area contributed by atoms with Crippen LogP contribution >= 0.6 is 0 Å². The monoisotopic (exact) mass is 655 g/mol. The highest BCUT2D eigenvalue weighted by Crippen LogP contribution is 2.61. The van der Waals surface area contributed by atoms with Crippen molar-refractivity contribution in [2.24, 2.45) is 11.1 Å². The Kier molecular flexibility index (Phi) is 8.99. The molecule has 1 amide bonds. The molecule has 47 heavy (non-hydrogen) atoms. The first-order chi connectivity index (χ1) is 22.0. The summed E-state index contributed by atoms with van der Waals surface area (Å²) in [5, 5.41) is 3.83. The normalized spacial score (nSPS) is 19.6. The molecule has 2 atom stereocenters. The van der Waals surface area contributed by atoms with Crippen LogP contribution in [-0.4, -0.2) is 70.8 Å². The molecule has 13 heteroatoms. The Hall–Kier alpha value is -4.26. The Labute approximate surface area is 272 Å².